The molecular formula is C17H13ClFN3O2S. The molecule has 2 aromatic heterocycles. The van der Waals surface area contributed by atoms with E-state index in [4.69, 9.17) is 16.1 Å². The fourth-order valence-electron chi connectivity index (χ4n) is 2.87. The lowest BCUT2D eigenvalue weighted by Crippen LogP contribution is -2.25. The van der Waals surface area contributed by atoms with Crippen LogP contribution < -0.4 is 4.90 Å². The molecule has 3 heterocycles. The number of nitrogens with zero attached hydrogens (tertiary/aromatic N) is 3. The number of halogens is 2. The maximum Gasteiger partial charge on any atom is 0.231 e. The standard InChI is InChI=1S/C17H13ClFN3O2S/c18-11-3-4-13(19)14(7-11)22-9-10(6-16(22)23)17-20-15(24-21-17)8-12-2-1-5-25-12/h1-5,7,10H,6,8-9H2. The fourth-order valence-corrected chi connectivity index (χ4v) is 3.74. The molecule has 1 amide bonds. The molecule has 1 aliphatic heterocycles. The van der Waals surface area contributed by atoms with Crippen LogP contribution in [0.5, 0.6) is 0 Å². The summed E-state index contributed by atoms with van der Waals surface area (Å²) in [7, 11) is 0. The van der Waals surface area contributed by atoms with Crippen LogP contribution in [0, 0.1) is 5.82 Å². The summed E-state index contributed by atoms with van der Waals surface area (Å²) in [6, 6.07) is 8.12. The number of amides is 1. The summed E-state index contributed by atoms with van der Waals surface area (Å²) >= 11 is 7.54. The highest BCUT2D eigenvalue weighted by Gasteiger charge is 2.35. The van der Waals surface area contributed by atoms with Gasteiger partial charge in [-0.15, -0.1) is 11.3 Å². The van der Waals surface area contributed by atoms with Crippen molar-refractivity contribution in [1.82, 2.24) is 10.1 Å². The van der Waals surface area contributed by atoms with Gasteiger partial charge < -0.3 is 9.42 Å². The van der Waals surface area contributed by atoms with Gasteiger partial charge in [-0.25, -0.2) is 4.39 Å². The van der Waals surface area contributed by atoms with E-state index in [2.05, 4.69) is 10.1 Å². The zero-order valence-corrected chi connectivity index (χ0v) is 14.6. The van der Waals surface area contributed by atoms with Gasteiger partial charge in [-0.1, -0.05) is 22.8 Å². The molecule has 1 fully saturated rings. The van der Waals surface area contributed by atoms with Crippen molar-refractivity contribution in [2.45, 2.75) is 18.8 Å². The fraction of sp³-hybridized carbons (Fsp3) is 0.235. The number of aromatic nitrogens is 2. The van der Waals surface area contributed by atoms with Crippen LogP contribution in [0.1, 0.15) is 28.9 Å². The van der Waals surface area contributed by atoms with Crippen molar-refractivity contribution >= 4 is 34.5 Å². The smallest absolute Gasteiger partial charge is 0.231 e. The van der Waals surface area contributed by atoms with E-state index in [-0.39, 0.29) is 23.9 Å². The molecule has 1 atom stereocenters. The minimum atomic E-state index is -0.482. The van der Waals surface area contributed by atoms with Gasteiger partial charge in [0, 0.05) is 28.8 Å². The van der Waals surface area contributed by atoms with E-state index in [0.29, 0.717) is 29.7 Å². The Balaban J connectivity index is 1.52. The first-order chi connectivity index (χ1) is 12.1. The molecule has 128 valence electrons. The monoisotopic (exact) mass is 377 g/mol. The molecule has 5 nitrogen and oxygen atoms in total. The van der Waals surface area contributed by atoms with Crippen molar-refractivity contribution in [3.8, 4) is 0 Å². The molecule has 0 N–H and O–H groups in total. The van der Waals surface area contributed by atoms with Crippen LogP contribution in [-0.2, 0) is 11.2 Å². The summed E-state index contributed by atoms with van der Waals surface area (Å²) in [5.41, 5.74) is 0.183. The number of benzene rings is 1. The van der Waals surface area contributed by atoms with Crippen LogP contribution in [0.15, 0.2) is 40.2 Å². The van der Waals surface area contributed by atoms with E-state index in [1.54, 1.807) is 11.3 Å². The maximum absolute atomic E-state index is 14.0. The van der Waals surface area contributed by atoms with E-state index in [1.807, 2.05) is 17.5 Å². The van der Waals surface area contributed by atoms with E-state index in [9.17, 15) is 9.18 Å². The normalized spacial score (nSPS) is 17.4. The Kier molecular flexibility index (Phi) is 4.27. The average molecular weight is 378 g/mol. The zero-order valence-electron chi connectivity index (χ0n) is 13.0. The van der Waals surface area contributed by atoms with Crippen molar-refractivity contribution in [2.75, 3.05) is 11.4 Å². The molecule has 0 aliphatic carbocycles. The molecular weight excluding hydrogens is 365 g/mol. The molecule has 4 rings (SSSR count). The molecule has 1 aliphatic rings. The second-order valence-electron chi connectivity index (χ2n) is 5.80. The number of thiophene rings is 1. The summed E-state index contributed by atoms with van der Waals surface area (Å²) in [5, 5.41) is 6.37. The molecule has 8 heteroatoms. The van der Waals surface area contributed by atoms with Crippen molar-refractivity contribution < 1.29 is 13.7 Å². The minimum absolute atomic E-state index is 0.183. The van der Waals surface area contributed by atoms with Crippen LogP contribution >= 0.6 is 22.9 Å². The first kappa shape index (κ1) is 16.2. The Morgan fingerprint density at radius 3 is 3.08 bits per heavy atom. The van der Waals surface area contributed by atoms with Crippen molar-refractivity contribution in [2.24, 2.45) is 0 Å². The van der Waals surface area contributed by atoms with Gasteiger partial charge in [-0.2, -0.15) is 4.98 Å². The van der Waals surface area contributed by atoms with Crippen LogP contribution in [0.25, 0.3) is 0 Å². The molecule has 1 saturated heterocycles. The van der Waals surface area contributed by atoms with Crippen LogP contribution in [0.4, 0.5) is 10.1 Å². The number of anilines is 1. The Labute approximate surface area is 152 Å². The van der Waals surface area contributed by atoms with E-state index in [1.165, 1.54) is 23.1 Å². The molecule has 1 aromatic carbocycles. The van der Waals surface area contributed by atoms with Gasteiger partial charge in [0.05, 0.1) is 12.1 Å². The van der Waals surface area contributed by atoms with Gasteiger partial charge in [0.1, 0.15) is 5.82 Å². The number of hydrogen-bond acceptors (Lipinski definition) is 5. The average Bonchev–Trinajstić information content (AvgIpc) is 3.32. The van der Waals surface area contributed by atoms with Crippen molar-refractivity contribution in [1.29, 1.82) is 0 Å². The maximum atomic E-state index is 14.0. The SMILES string of the molecule is O=C1CC(c2noc(Cc3cccs3)n2)CN1c1cc(Cl)ccc1F. The summed E-state index contributed by atoms with van der Waals surface area (Å²) in [6.45, 7) is 0.300. The highest BCUT2D eigenvalue weighted by atomic mass is 35.5. The molecule has 3 aromatic rings. The predicted octanol–water partition coefficient (Wildman–Crippen LogP) is 4.03. The topological polar surface area (TPSA) is 59.2 Å². The van der Waals surface area contributed by atoms with Gasteiger partial charge in [0.15, 0.2) is 5.82 Å². The Bertz CT molecular complexity index is 913. The third-order valence-electron chi connectivity index (χ3n) is 4.08. The number of carbonyl (C=O) groups excluding carboxylic acids is 1. The Morgan fingerprint density at radius 2 is 2.28 bits per heavy atom. The van der Waals surface area contributed by atoms with E-state index < -0.39 is 5.82 Å². The first-order valence-electron chi connectivity index (χ1n) is 7.70. The summed E-state index contributed by atoms with van der Waals surface area (Å²) in [5.74, 6) is 0.0921. The largest absolute Gasteiger partial charge is 0.339 e. The molecule has 0 bridgehead atoms. The quantitative estimate of drug-likeness (QED) is 0.688. The molecule has 0 saturated carbocycles. The first-order valence-corrected chi connectivity index (χ1v) is 8.96. The summed E-state index contributed by atoms with van der Waals surface area (Å²) in [4.78, 5) is 19.2. The van der Waals surface area contributed by atoms with E-state index >= 15 is 0 Å². The number of rotatable bonds is 4. The molecule has 0 spiro atoms. The van der Waals surface area contributed by atoms with Gasteiger partial charge in [0.2, 0.25) is 11.8 Å². The van der Waals surface area contributed by atoms with Crippen LogP contribution in [0.2, 0.25) is 5.02 Å². The highest BCUT2D eigenvalue weighted by molar-refractivity contribution is 7.09. The predicted molar refractivity (Wildman–Crippen MR) is 92.5 cm³/mol. The zero-order chi connectivity index (χ0) is 17.4. The van der Waals surface area contributed by atoms with Gasteiger partial charge in [-0.05, 0) is 29.6 Å². The van der Waals surface area contributed by atoms with Gasteiger partial charge in [0.25, 0.3) is 0 Å². The third kappa shape index (κ3) is 3.29. The van der Waals surface area contributed by atoms with Gasteiger partial charge >= 0.3 is 0 Å². The summed E-state index contributed by atoms with van der Waals surface area (Å²) < 4.78 is 19.3. The van der Waals surface area contributed by atoms with Crippen molar-refractivity contribution in [3.63, 3.8) is 0 Å². The highest BCUT2D eigenvalue weighted by Crippen LogP contribution is 2.33. The number of carbonyl (C=O) groups is 1. The Hall–Kier alpha value is -2.25. The molecule has 25 heavy (non-hydrogen) atoms. The van der Waals surface area contributed by atoms with Gasteiger partial charge in [-0.3, -0.25) is 4.79 Å². The lowest BCUT2D eigenvalue weighted by molar-refractivity contribution is -0.117. The Morgan fingerprint density at radius 1 is 1.40 bits per heavy atom. The molecule has 0 radical (unpaired) electrons. The lowest BCUT2D eigenvalue weighted by atomic mass is 10.1. The van der Waals surface area contributed by atoms with E-state index in [0.717, 1.165) is 4.88 Å². The second kappa shape index (κ2) is 6.57. The number of hydrogen-bond donors (Lipinski definition) is 0. The minimum Gasteiger partial charge on any atom is -0.339 e. The summed E-state index contributed by atoms with van der Waals surface area (Å²) in [6.07, 6.45) is 0.780. The van der Waals surface area contributed by atoms with Crippen LogP contribution in [0.3, 0.4) is 0 Å². The van der Waals surface area contributed by atoms with Crippen LogP contribution in [-0.4, -0.2) is 22.6 Å². The third-order valence-corrected chi connectivity index (χ3v) is 5.19. The van der Waals surface area contributed by atoms with Crippen molar-refractivity contribution in [3.05, 3.63) is 63.1 Å². The second-order valence-corrected chi connectivity index (χ2v) is 7.27. The lowest BCUT2D eigenvalue weighted by Gasteiger charge is -2.17. The molecule has 1 unspecified atom stereocenters.